The van der Waals surface area contributed by atoms with Crippen molar-refractivity contribution in [1.29, 1.82) is 0 Å². The van der Waals surface area contributed by atoms with Crippen LogP contribution in [0.15, 0.2) is 59.5 Å². The standard InChI is InChI=1S/C22H21F3N4S/c23-18-11-17(12-19(24)22(18)30-28-21-8-3-7-20(25)27-21)26-13-15-5-1-2-6-16(15)14-29-9-4-10-29/h1-3,5-8,11-12,26H,4,9-10,13-14H2,(H,27,28). The molecule has 8 heteroatoms. The molecule has 1 fully saturated rings. The maximum atomic E-state index is 14.5. The third-order valence-electron chi connectivity index (χ3n) is 4.92. The summed E-state index contributed by atoms with van der Waals surface area (Å²) in [4.78, 5) is 5.77. The summed E-state index contributed by atoms with van der Waals surface area (Å²) in [5, 5.41) is 3.11. The maximum absolute atomic E-state index is 14.5. The van der Waals surface area contributed by atoms with E-state index in [2.05, 4.69) is 26.0 Å². The molecule has 0 spiro atoms. The van der Waals surface area contributed by atoms with Gasteiger partial charge in [0.2, 0.25) is 5.95 Å². The van der Waals surface area contributed by atoms with Crippen molar-refractivity contribution in [3.05, 3.63) is 83.3 Å². The SMILES string of the molecule is Fc1cccc(NSc2c(F)cc(NCc3ccccc3CN3CCC3)cc2F)n1. The lowest BCUT2D eigenvalue weighted by Crippen LogP contribution is -2.36. The van der Waals surface area contributed by atoms with Gasteiger partial charge in [-0.05, 0) is 66.9 Å². The van der Waals surface area contributed by atoms with Gasteiger partial charge < -0.3 is 10.0 Å². The van der Waals surface area contributed by atoms with E-state index in [-0.39, 0.29) is 10.7 Å². The second kappa shape index (κ2) is 9.40. The summed E-state index contributed by atoms with van der Waals surface area (Å²) < 4.78 is 44.8. The summed E-state index contributed by atoms with van der Waals surface area (Å²) in [6, 6.07) is 14.8. The molecule has 156 valence electrons. The average molecular weight is 430 g/mol. The number of pyridine rings is 1. The normalized spacial score (nSPS) is 13.7. The number of aromatic nitrogens is 1. The summed E-state index contributed by atoms with van der Waals surface area (Å²) >= 11 is 0.714. The molecule has 0 bridgehead atoms. The van der Waals surface area contributed by atoms with Gasteiger partial charge in [-0.15, -0.1) is 0 Å². The lowest BCUT2D eigenvalue weighted by Gasteiger charge is -2.31. The van der Waals surface area contributed by atoms with E-state index in [1.807, 2.05) is 18.2 Å². The largest absolute Gasteiger partial charge is 0.381 e. The average Bonchev–Trinajstić information content (AvgIpc) is 2.69. The van der Waals surface area contributed by atoms with Crippen LogP contribution in [0.3, 0.4) is 0 Å². The predicted molar refractivity (Wildman–Crippen MR) is 114 cm³/mol. The quantitative estimate of drug-likeness (QED) is 0.368. The molecule has 3 aromatic rings. The smallest absolute Gasteiger partial charge is 0.214 e. The van der Waals surface area contributed by atoms with E-state index >= 15 is 0 Å². The van der Waals surface area contributed by atoms with Crippen LogP contribution >= 0.6 is 11.9 Å². The molecule has 1 aliphatic heterocycles. The first-order valence-electron chi connectivity index (χ1n) is 9.66. The van der Waals surface area contributed by atoms with Crippen LogP contribution in [0.5, 0.6) is 0 Å². The molecule has 1 aromatic heterocycles. The fraction of sp³-hybridized carbons (Fsp3) is 0.227. The van der Waals surface area contributed by atoms with Crippen molar-refractivity contribution >= 4 is 23.5 Å². The topological polar surface area (TPSA) is 40.2 Å². The molecular formula is C22H21F3N4S. The third-order valence-corrected chi connectivity index (χ3v) is 5.82. The number of hydrogen-bond donors (Lipinski definition) is 2. The zero-order chi connectivity index (χ0) is 20.9. The van der Waals surface area contributed by atoms with Gasteiger partial charge >= 0.3 is 0 Å². The number of halogens is 3. The number of benzene rings is 2. The predicted octanol–water partition coefficient (Wildman–Crippen LogP) is 5.44. The Morgan fingerprint density at radius 2 is 1.67 bits per heavy atom. The Bertz CT molecular complexity index is 1000. The fourth-order valence-electron chi connectivity index (χ4n) is 3.19. The van der Waals surface area contributed by atoms with Crippen LogP contribution in [0.4, 0.5) is 24.7 Å². The van der Waals surface area contributed by atoms with Crippen molar-refractivity contribution < 1.29 is 13.2 Å². The first-order chi connectivity index (χ1) is 14.6. The van der Waals surface area contributed by atoms with E-state index < -0.39 is 17.6 Å². The minimum atomic E-state index is -0.708. The molecule has 0 aliphatic carbocycles. The van der Waals surface area contributed by atoms with Crippen LogP contribution in [0.25, 0.3) is 0 Å². The number of likely N-dealkylation sites (tertiary alicyclic amines) is 1. The van der Waals surface area contributed by atoms with Gasteiger partial charge in [-0.3, -0.25) is 4.90 Å². The van der Waals surface area contributed by atoms with Crippen LogP contribution in [-0.4, -0.2) is 23.0 Å². The highest BCUT2D eigenvalue weighted by Crippen LogP contribution is 2.29. The van der Waals surface area contributed by atoms with E-state index in [1.165, 1.54) is 42.3 Å². The molecule has 0 saturated carbocycles. The zero-order valence-corrected chi connectivity index (χ0v) is 17.0. The molecule has 0 radical (unpaired) electrons. The highest BCUT2D eigenvalue weighted by molar-refractivity contribution is 8.00. The maximum Gasteiger partial charge on any atom is 0.214 e. The second-order valence-corrected chi connectivity index (χ2v) is 7.89. The van der Waals surface area contributed by atoms with Gasteiger partial charge in [0.1, 0.15) is 22.3 Å². The van der Waals surface area contributed by atoms with Crippen LogP contribution in [-0.2, 0) is 13.1 Å². The minimum absolute atomic E-state index is 0.180. The van der Waals surface area contributed by atoms with Crippen molar-refractivity contribution in [3.8, 4) is 0 Å². The fourth-order valence-corrected chi connectivity index (χ4v) is 3.82. The Labute approximate surface area is 177 Å². The Balaban J connectivity index is 1.41. The van der Waals surface area contributed by atoms with Gasteiger partial charge in [-0.1, -0.05) is 30.3 Å². The van der Waals surface area contributed by atoms with Crippen LogP contribution in [0, 0.1) is 17.6 Å². The minimum Gasteiger partial charge on any atom is -0.381 e. The lowest BCUT2D eigenvalue weighted by molar-refractivity contribution is 0.172. The van der Waals surface area contributed by atoms with Gasteiger partial charge in [-0.2, -0.15) is 4.39 Å². The summed E-state index contributed by atoms with van der Waals surface area (Å²) in [7, 11) is 0. The highest BCUT2D eigenvalue weighted by Gasteiger charge is 2.16. The number of nitrogens with one attached hydrogen (secondary N) is 2. The van der Waals surface area contributed by atoms with Crippen molar-refractivity contribution in [1.82, 2.24) is 9.88 Å². The zero-order valence-electron chi connectivity index (χ0n) is 16.2. The molecule has 30 heavy (non-hydrogen) atoms. The number of rotatable bonds is 8. The molecule has 2 N–H and O–H groups in total. The molecule has 2 heterocycles. The Hall–Kier alpha value is -2.71. The van der Waals surface area contributed by atoms with Crippen LogP contribution in [0.1, 0.15) is 17.5 Å². The number of anilines is 2. The summed E-state index contributed by atoms with van der Waals surface area (Å²) in [5.74, 6) is -1.91. The van der Waals surface area contributed by atoms with Crippen LogP contribution < -0.4 is 10.0 Å². The molecular weight excluding hydrogens is 409 g/mol. The summed E-state index contributed by atoms with van der Waals surface area (Å²) in [5.41, 5.74) is 2.67. The van der Waals surface area contributed by atoms with Gasteiger partial charge in [0.05, 0.1) is 0 Å². The Kier molecular flexibility index (Phi) is 6.44. The molecule has 1 saturated heterocycles. The van der Waals surface area contributed by atoms with Crippen LogP contribution in [0.2, 0.25) is 0 Å². The van der Waals surface area contributed by atoms with Crippen molar-refractivity contribution in [2.24, 2.45) is 0 Å². The second-order valence-electron chi connectivity index (χ2n) is 7.07. The number of hydrogen-bond acceptors (Lipinski definition) is 5. The van der Waals surface area contributed by atoms with E-state index in [1.54, 1.807) is 0 Å². The van der Waals surface area contributed by atoms with Crippen molar-refractivity contribution in [2.75, 3.05) is 23.1 Å². The summed E-state index contributed by atoms with van der Waals surface area (Å²) in [6.45, 7) is 3.57. The van der Waals surface area contributed by atoms with E-state index in [0.717, 1.165) is 25.2 Å². The van der Waals surface area contributed by atoms with Gasteiger partial charge in [0.15, 0.2) is 0 Å². The third kappa shape index (κ3) is 5.06. The first-order valence-corrected chi connectivity index (χ1v) is 10.5. The monoisotopic (exact) mass is 430 g/mol. The molecule has 0 atom stereocenters. The van der Waals surface area contributed by atoms with Gasteiger partial charge in [0.25, 0.3) is 0 Å². The first kappa shape index (κ1) is 20.6. The van der Waals surface area contributed by atoms with E-state index in [4.69, 9.17) is 0 Å². The summed E-state index contributed by atoms with van der Waals surface area (Å²) in [6.07, 6.45) is 1.23. The van der Waals surface area contributed by atoms with Crippen molar-refractivity contribution in [3.63, 3.8) is 0 Å². The van der Waals surface area contributed by atoms with Gasteiger partial charge in [0, 0.05) is 18.8 Å². The van der Waals surface area contributed by atoms with Gasteiger partial charge in [-0.25, -0.2) is 13.8 Å². The number of nitrogens with zero attached hydrogens (tertiary/aromatic N) is 2. The van der Waals surface area contributed by atoms with Crippen molar-refractivity contribution in [2.45, 2.75) is 24.4 Å². The van der Waals surface area contributed by atoms with E-state index in [0.29, 0.717) is 24.2 Å². The highest BCUT2D eigenvalue weighted by atomic mass is 32.2. The molecule has 0 unspecified atom stereocenters. The molecule has 4 nitrogen and oxygen atoms in total. The van der Waals surface area contributed by atoms with E-state index in [9.17, 15) is 13.2 Å². The molecule has 4 rings (SSSR count). The Morgan fingerprint density at radius 1 is 0.933 bits per heavy atom. The molecule has 2 aromatic carbocycles. The Morgan fingerprint density at radius 3 is 2.33 bits per heavy atom. The molecule has 0 amide bonds. The lowest BCUT2D eigenvalue weighted by atomic mass is 10.1. The molecule has 1 aliphatic rings.